The van der Waals surface area contributed by atoms with Crippen LogP contribution in [-0.4, -0.2) is 34.1 Å². The van der Waals surface area contributed by atoms with Crippen molar-refractivity contribution in [2.24, 2.45) is 0 Å². The molecule has 24 heavy (non-hydrogen) atoms. The molecule has 4 nitrogen and oxygen atoms in total. The smallest absolute Gasteiger partial charge is 0.246 e. The van der Waals surface area contributed by atoms with E-state index < -0.39 is 0 Å². The summed E-state index contributed by atoms with van der Waals surface area (Å²) in [6, 6.07) is 9.94. The van der Waals surface area contributed by atoms with Crippen molar-refractivity contribution in [2.75, 3.05) is 13.1 Å². The van der Waals surface area contributed by atoms with Crippen LogP contribution in [0.15, 0.2) is 36.4 Å². The van der Waals surface area contributed by atoms with E-state index in [9.17, 15) is 4.79 Å². The van der Waals surface area contributed by atoms with Gasteiger partial charge < -0.3 is 4.90 Å². The van der Waals surface area contributed by atoms with Crippen molar-refractivity contribution >= 4 is 23.3 Å². The van der Waals surface area contributed by atoms with Crippen LogP contribution in [-0.2, 0) is 4.79 Å². The van der Waals surface area contributed by atoms with Crippen LogP contribution in [0.3, 0.4) is 0 Å². The predicted octanol–water partition coefficient (Wildman–Crippen LogP) is 3.83. The van der Waals surface area contributed by atoms with Crippen LogP contribution in [0.2, 0.25) is 0 Å². The van der Waals surface area contributed by atoms with E-state index in [0.717, 1.165) is 31.5 Å². The second-order valence-corrected chi connectivity index (χ2v) is 7.64. The van der Waals surface area contributed by atoms with Crippen LogP contribution in [0.25, 0.3) is 6.08 Å². The molecule has 1 aliphatic heterocycles. The first-order chi connectivity index (χ1) is 11.8. The number of carbonyl (C=O) groups is 1. The molecule has 1 saturated carbocycles. The third-order valence-electron chi connectivity index (χ3n) is 4.76. The topological polar surface area (TPSA) is 46.1 Å². The summed E-state index contributed by atoms with van der Waals surface area (Å²) in [5.41, 5.74) is 1.06. The van der Waals surface area contributed by atoms with Crippen molar-refractivity contribution in [3.63, 3.8) is 0 Å². The normalized spacial score (nSPS) is 19.1. The van der Waals surface area contributed by atoms with Crippen molar-refractivity contribution in [2.45, 2.75) is 37.5 Å². The molecule has 1 aromatic carbocycles. The molecule has 2 heterocycles. The zero-order valence-electron chi connectivity index (χ0n) is 13.6. The zero-order valence-corrected chi connectivity index (χ0v) is 14.4. The van der Waals surface area contributed by atoms with Crippen molar-refractivity contribution in [1.29, 1.82) is 0 Å². The minimum atomic E-state index is 0.105. The van der Waals surface area contributed by atoms with Crippen LogP contribution in [0.4, 0.5) is 0 Å². The van der Waals surface area contributed by atoms with Crippen LogP contribution < -0.4 is 0 Å². The molecule has 1 aromatic heterocycles. The number of benzene rings is 1. The van der Waals surface area contributed by atoms with E-state index in [1.54, 1.807) is 17.4 Å². The lowest BCUT2D eigenvalue weighted by Crippen LogP contribution is -2.36. The van der Waals surface area contributed by atoms with Gasteiger partial charge in [-0.3, -0.25) is 4.79 Å². The first kappa shape index (κ1) is 15.5. The lowest BCUT2D eigenvalue weighted by atomic mass is 9.97. The van der Waals surface area contributed by atoms with Gasteiger partial charge in [0.05, 0.1) is 0 Å². The molecule has 0 N–H and O–H groups in total. The van der Waals surface area contributed by atoms with Gasteiger partial charge in [-0.2, -0.15) is 0 Å². The lowest BCUT2D eigenvalue weighted by Gasteiger charge is -2.30. The maximum absolute atomic E-state index is 12.3. The number of likely N-dealkylation sites (tertiary alicyclic amines) is 1. The average Bonchev–Trinajstić information content (AvgIpc) is 3.38. The second-order valence-electron chi connectivity index (χ2n) is 6.60. The molecule has 0 unspecified atom stereocenters. The van der Waals surface area contributed by atoms with E-state index >= 15 is 0 Å². The predicted molar refractivity (Wildman–Crippen MR) is 95.9 cm³/mol. The van der Waals surface area contributed by atoms with Crippen LogP contribution >= 0.6 is 11.3 Å². The van der Waals surface area contributed by atoms with Crippen molar-refractivity contribution in [1.82, 2.24) is 15.1 Å². The maximum Gasteiger partial charge on any atom is 0.246 e. The van der Waals surface area contributed by atoms with Crippen molar-refractivity contribution < 1.29 is 4.79 Å². The number of amides is 1. The summed E-state index contributed by atoms with van der Waals surface area (Å²) in [4.78, 5) is 14.3. The van der Waals surface area contributed by atoms with Gasteiger partial charge in [0, 0.05) is 31.0 Å². The van der Waals surface area contributed by atoms with E-state index in [4.69, 9.17) is 0 Å². The Morgan fingerprint density at radius 2 is 1.62 bits per heavy atom. The van der Waals surface area contributed by atoms with Crippen molar-refractivity contribution in [3.8, 4) is 0 Å². The third kappa shape index (κ3) is 3.56. The Balaban J connectivity index is 1.31. The number of nitrogens with zero attached hydrogens (tertiary/aromatic N) is 3. The van der Waals surface area contributed by atoms with Gasteiger partial charge in [0.25, 0.3) is 0 Å². The summed E-state index contributed by atoms with van der Waals surface area (Å²) >= 11 is 1.79. The molecular weight excluding hydrogens is 318 g/mol. The molecule has 4 rings (SSSR count). The van der Waals surface area contributed by atoms with Crippen molar-refractivity contribution in [3.05, 3.63) is 52.0 Å². The Morgan fingerprint density at radius 3 is 2.25 bits per heavy atom. The fraction of sp³-hybridized carbons (Fsp3) is 0.421. The summed E-state index contributed by atoms with van der Waals surface area (Å²) in [5, 5.41) is 11.1. The Bertz CT molecular complexity index is 728. The van der Waals surface area contributed by atoms with Gasteiger partial charge >= 0.3 is 0 Å². The van der Waals surface area contributed by atoms with Crippen LogP contribution in [0.1, 0.15) is 53.1 Å². The van der Waals surface area contributed by atoms with Crippen LogP contribution in [0.5, 0.6) is 0 Å². The summed E-state index contributed by atoms with van der Waals surface area (Å²) in [6.45, 7) is 1.61. The molecule has 2 fully saturated rings. The first-order valence-corrected chi connectivity index (χ1v) is 9.46. The van der Waals surface area contributed by atoms with Gasteiger partial charge in [0.15, 0.2) is 0 Å². The molecule has 2 aromatic rings. The molecule has 5 heteroatoms. The van der Waals surface area contributed by atoms with Gasteiger partial charge in [0.2, 0.25) is 5.91 Å². The summed E-state index contributed by atoms with van der Waals surface area (Å²) in [6.07, 6.45) is 8.10. The maximum atomic E-state index is 12.3. The average molecular weight is 339 g/mol. The monoisotopic (exact) mass is 339 g/mol. The number of piperidine rings is 1. The van der Waals surface area contributed by atoms with Gasteiger partial charge in [-0.25, -0.2) is 0 Å². The zero-order chi connectivity index (χ0) is 16.4. The lowest BCUT2D eigenvalue weighted by molar-refractivity contribution is -0.126. The molecule has 2 aliphatic rings. The van der Waals surface area contributed by atoms with Crippen LogP contribution in [0, 0.1) is 0 Å². The number of aromatic nitrogens is 2. The molecule has 0 bridgehead atoms. The molecule has 1 amide bonds. The van der Waals surface area contributed by atoms with E-state index in [0.29, 0.717) is 11.8 Å². The highest BCUT2D eigenvalue weighted by Crippen LogP contribution is 2.43. The molecular formula is C19H21N3OS. The highest BCUT2D eigenvalue weighted by molar-refractivity contribution is 7.11. The summed E-state index contributed by atoms with van der Waals surface area (Å²) in [5.74, 6) is 1.26. The fourth-order valence-corrected chi connectivity index (χ4v) is 4.27. The first-order valence-electron chi connectivity index (χ1n) is 8.65. The minimum absolute atomic E-state index is 0.105. The highest BCUT2D eigenvalue weighted by Gasteiger charge is 2.30. The number of hydrogen-bond donors (Lipinski definition) is 0. The summed E-state index contributed by atoms with van der Waals surface area (Å²) < 4.78 is 0. The highest BCUT2D eigenvalue weighted by atomic mass is 32.1. The fourth-order valence-electron chi connectivity index (χ4n) is 3.09. The van der Waals surface area contributed by atoms with E-state index in [-0.39, 0.29) is 5.91 Å². The Labute approximate surface area is 146 Å². The van der Waals surface area contributed by atoms with Gasteiger partial charge in [-0.15, -0.1) is 21.5 Å². The summed E-state index contributed by atoms with van der Waals surface area (Å²) in [7, 11) is 0. The molecule has 1 saturated heterocycles. The standard InChI is InChI=1S/C19H21N3OS/c23-17(9-6-14-4-2-1-3-5-14)22-12-10-16(11-13-22)19-21-20-18(24-19)15-7-8-15/h1-6,9,15-16H,7-8,10-13H2/b9-6-. The van der Waals surface area contributed by atoms with Gasteiger partial charge in [0.1, 0.15) is 10.0 Å². The molecule has 0 atom stereocenters. The largest absolute Gasteiger partial charge is 0.339 e. The molecule has 0 radical (unpaired) electrons. The van der Waals surface area contributed by atoms with Gasteiger partial charge in [-0.1, -0.05) is 30.3 Å². The van der Waals surface area contributed by atoms with E-state index in [1.807, 2.05) is 41.3 Å². The molecule has 1 aliphatic carbocycles. The number of rotatable bonds is 4. The minimum Gasteiger partial charge on any atom is -0.339 e. The Morgan fingerprint density at radius 1 is 1.00 bits per heavy atom. The number of hydrogen-bond acceptors (Lipinski definition) is 4. The van der Waals surface area contributed by atoms with Gasteiger partial charge in [-0.05, 0) is 37.3 Å². The quantitative estimate of drug-likeness (QED) is 0.795. The second kappa shape index (κ2) is 6.85. The molecule has 124 valence electrons. The number of carbonyl (C=O) groups excluding carboxylic acids is 1. The Kier molecular flexibility index (Phi) is 4.43. The SMILES string of the molecule is O=C(/C=C\c1ccccc1)N1CCC(c2nnc(C3CC3)s2)CC1. The Hall–Kier alpha value is -2.01. The van der Waals surface area contributed by atoms with E-state index in [2.05, 4.69) is 10.2 Å². The van der Waals surface area contributed by atoms with E-state index in [1.165, 1.54) is 22.9 Å². The third-order valence-corrected chi connectivity index (χ3v) is 6.00. The molecule has 0 spiro atoms.